The highest BCUT2D eigenvalue weighted by Crippen LogP contribution is 2.36. The lowest BCUT2D eigenvalue weighted by molar-refractivity contribution is 0.352. The summed E-state index contributed by atoms with van der Waals surface area (Å²) in [6.07, 6.45) is 2.65. The Labute approximate surface area is 157 Å². The Balaban J connectivity index is 0.00000242. The van der Waals surface area contributed by atoms with Crippen molar-refractivity contribution in [3.05, 3.63) is 22.2 Å². The molecule has 1 aromatic rings. The molecule has 124 valence electrons. The average molecular weight is 484 g/mol. The van der Waals surface area contributed by atoms with Gasteiger partial charge in [0.1, 0.15) is 0 Å². The normalized spacial score (nSPS) is 14.1. The maximum absolute atomic E-state index is 5.35. The van der Waals surface area contributed by atoms with Crippen molar-refractivity contribution in [2.45, 2.75) is 19.4 Å². The quantitative estimate of drug-likeness (QED) is 0.370. The zero-order chi connectivity index (χ0) is 15.2. The number of aliphatic imine (C=N–C) groups is 1. The third-order valence-corrected chi connectivity index (χ3v) is 4.02. The summed E-state index contributed by atoms with van der Waals surface area (Å²) in [5, 5.41) is 6.65. The first-order chi connectivity index (χ1) is 10.2. The van der Waals surface area contributed by atoms with E-state index in [-0.39, 0.29) is 24.0 Å². The largest absolute Gasteiger partial charge is 0.493 e. The Hall–Kier alpha value is -0.700. The average Bonchev–Trinajstić information content (AvgIpc) is 3.31. The van der Waals surface area contributed by atoms with Crippen molar-refractivity contribution < 1.29 is 9.47 Å². The highest BCUT2D eigenvalue weighted by molar-refractivity contribution is 14.0. The van der Waals surface area contributed by atoms with E-state index in [1.165, 1.54) is 12.8 Å². The molecule has 0 radical (unpaired) electrons. The first kappa shape index (κ1) is 19.3. The number of guanidine groups is 1. The van der Waals surface area contributed by atoms with Gasteiger partial charge in [-0.15, -0.1) is 24.0 Å². The Morgan fingerprint density at radius 2 is 2.00 bits per heavy atom. The predicted molar refractivity (Wildman–Crippen MR) is 104 cm³/mol. The first-order valence-corrected chi connectivity index (χ1v) is 7.82. The zero-order valence-electron chi connectivity index (χ0n) is 13.1. The molecule has 2 rings (SSSR count). The van der Waals surface area contributed by atoms with Gasteiger partial charge < -0.3 is 20.1 Å². The van der Waals surface area contributed by atoms with E-state index in [9.17, 15) is 0 Å². The fourth-order valence-corrected chi connectivity index (χ4v) is 2.69. The van der Waals surface area contributed by atoms with Crippen molar-refractivity contribution in [2.24, 2.45) is 10.9 Å². The van der Waals surface area contributed by atoms with Crippen LogP contribution in [0.4, 0.5) is 0 Å². The maximum atomic E-state index is 5.35. The molecule has 5 nitrogen and oxygen atoms in total. The first-order valence-electron chi connectivity index (χ1n) is 7.02. The molecular formula is C15H23BrIN3O2. The highest BCUT2D eigenvalue weighted by atomic mass is 127. The molecule has 22 heavy (non-hydrogen) atoms. The summed E-state index contributed by atoms with van der Waals surface area (Å²) in [5.74, 6) is 3.06. The number of nitrogens with one attached hydrogen (secondary N) is 2. The van der Waals surface area contributed by atoms with Crippen LogP contribution in [0.25, 0.3) is 0 Å². The van der Waals surface area contributed by atoms with Crippen molar-refractivity contribution in [1.29, 1.82) is 0 Å². The van der Waals surface area contributed by atoms with Crippen molar-refractivity contribution in [3.8, 4) is 11.5 Å². The van der Waals surface area contributed by atoms with E-state index in [2.05, 4.69) is 31.6 Å². The number of ether oxygens (including phenoxy) is 2. The number of rotatable bonds is 6. The monoisotopic (exact) mass is 483 g/mol. The van der Waals surface area contributed by atoms with Gasteiger partial charge in [0, 0.05) is 20.1 Å². The van der Waals surface area contributed by atoms with E-state index in [1.807, 2.05) is 12.1 Å². The summed E-state index contributed by atoms with van der Waals surface area (Å²) < 4.78 is 11.5. The second kappa shape index (κ2) is 9.44. The summed E-state index contributed by atoms with van der Waals surface area (Å²) in [6.45, 7) is 1.67. The highest BCUT2D eigenvalue weighted by Gasteiger charge is 2.21. The van der Waals surface area contributed by atoms with Crippen LogP contribution in [0.3, 0.4) is 0 Å². The molecule has 0 bridgehead atoms. The van der Waals surface area contributed by atoms with E-state index in [0.717, 1.165) is 28.5 Å². The summed E-state index contributed by atoms with van der Waals surface area (Å²) in [5.41, 5.74) is 1.09. The van der Waals surface area contributed by atoms with Crippen LogP contribution in [-0.2, 0) is 6.54 Å². The number of nitrogens with zero attached hydrogens (tertiary/aromatic N) is 1. The van der Waals surface area contributed by atoms with Gasteiger partial charge in [-0.3, -0.25) is 4.99 Å². The Bertz CT molecular complexity index is 522. The van der Waals surface area contributed by atoms with E-state index in [4.69, 9.17) is 9.47 Å². The fraction of sp³-hybridized carbons (Fsp3) is 0.533. The van der Waals surface area contributed by atoms with Crippen molar-refractivity contribution in [3.63, 3.8) is 0 Å². The molecule has 0 aromatic heterocycles. The van der Waals surface area contributed by atoms with Gasteiger partial charge in [-0.25, -0.2) is 0 Å². The lowest BCUT2D eigenvalue weighted by atomic mass is 10.2. The molecular weight excluding hydrogens is 461 g/mol. The van der Waals surface area contributed by atoms with Crippen molar-refractivity contribution >= 4 is 45.9 Å². The Morgan fingerprint density at radius 3 is 2.55 bits per heavy atom. The van der Waals surface area contributed by atoms with E-state index < -0.39 is 0 Å². The van der Waals surface area contributed by atoms with Crippen LogP contribution < -0.4 is 20.1 Å². The number of benzene rings is 1. The standard InChI is InChI=1S/C15H22BrN3O2.HI/c1-17-15(18-8-10-4-5-10)19-9-11-6-12(16)14(21-3)13(7-11)20-2;/h6-7,10H,4-5,8-9H2,1-3H3,(H2,17,18,19);1H. The van der Waals surface area contributed by atoms with Crippen molar-refractivity contribution in [2.75, 3.05) is 27.8 Å². The lowest BCUT2D eigenvalue weighted by Gasteiger charge is -2.14. The Kier molecular flexibility index (Phi) is 8.30. The summed E-state index contributed by atoms with van der Waals surface area (Å²) in [7, 11) is 5.05. The molecule has 0 amide bonds. The van der Waals surface area contributed by atoms with E-state index in [1.54, 1.807) is 21.3 Å². The van der Waals surface area contributed by atoms with Gasteiger partial charge in [0.05, 0.1) is 18.7 Å². The fourth-order valence-electron chi connectivity index (χ4n) is 2.04. The van der Waals surface area contributed by atoms with Crippen LogP contribution in [0.1, 0.15) is 18.4 Å². The number of hydrogen-bond acceptors (Lipinski definition) is 3. The SMILES string of the molecule is CN=C(NCc1cc(Br)c(OC)c(OC)c1)NCC1CC1.I. The number of hydrogen-bond donors (Lipinski definition) is 2. The summed E-state index contributed by atoms with van der Waals surface area (Å²) >= 11 is 3.50. The minimum Gasteiger partial charge on any atom is -0.493 e. The van der Waals surface area contributed by atoms with Crippen LogP contribution in [-0.4, -0.2) is 33.8 Å². The lowest BCUT2D eigenvalue weighted by Crippen LogP contribution is -2.37. The second-order valence-corrected chi connectivity index (χ2v) is 5.92. The molecule has 1 aromatic carbocycles. The van der Waals surface area contributed by atoms with Crippen LogP contribution in [0.2, 0.25) is 0 Å². The van der Waals surface area contributed by atoms with Crippen LogP contribution in [0, 0.1) is 5.92 Å². The minimum atomic E-state index is 0. The third-order valence-electron chi connectivity index (χ3n) is 3.43. The van der Waals surface area contributed by atoms with Crippen molar-refractivity contribution in [1.82, 2.24) is 10.6 Å². The van der Waals surface area contributed by atoms with E-state index in [0.29, 0.717) is 18.0 Å². The van der Waals surface area contributed by atoms with Gasteiger partial charge in [0.25, 0.3) is 0 Å². The smallest absolute Gasteiger partial charge is 0.191 e. The van der Waals surface area contributed by atoms with Gasteiger partial charge >= 0.3 is 0 Å². The second-order valence-electron chi connectivity index (χ2n) is 5.06. The van der Waals surface area contributed by atoms with Gasteiger partial charge in [0.15, 0.2) is 17.5 Å². The molecule has 1 fully saturated rings. The molecule has 7 heteroatoms. The molecule has 1 saturated carbocycles. The molecule has 0 atom stereocenters. The van der Waals surface area contributed by atoms with E-state index >= 15 is 0 Å². The Morgan fingerprint density at radius 1 is 1.27 bits per heavy atom. The van der Waals surface area contributed by atoms with Gasteiger partial charge in [0.2, 0.25) is 0 Å². The molecule has 0 unspecified atom stereocenters. The molecule has 0 heterocycles. The molecule has 0 aliphatic heterocycles. The summed E-state index contributed by atoms with van der Waals surface area (Å²) in [6, 6.07) is 3.98. The van der Waals surface area contributed by atoms with Crippen LogP contribution in [0.15, 0.2) is 21.6 Å². The molecule has 1 aliphatic carbocycles. The third kappa shape index (κ3) is 5.49. The summed E-state index contributed by atoms with van der Waals surface area (Å²) in [4.78, 5) is 4.23. The van der Waals surface area contributed by atoms with Gasteiger partial charge in [-0.1, -0.05) is 0 Å². The molecule has 2 N–H and O–H groups in total. The molecule has 1 aliphatic rings. The number of methoxy groups -OCH3 is 2. The predicted octanol–water partition coefficient (Wildman–Crippen LogP) is 3.16. The molecule has 0 saturated heterocycles. The zero-order valence-corrected chi connectivity index (χ0v) is 17.0. The maximum Gasteiger partial charge on any atom is 0.191 e. The molecule has 0 spiro atoms. The van der Waals surface area contributed by atoms with Crippen LogP contribution >= 0.6 is 39.9 Å². The topological polar surface area (TPSA) is 54.9 Å². The van der Waals surface area contributed by atoms with Gasteiger partial charge in [-0.05, 0) is 52.4 Å². The van der Waals surface area contributed by atoms with Crippen LogP contribution in [0.5, 0.6) is 11.5 Å². The van der Waals surface area contributed by atoms with Gasteiger partial charge in [-0.2, -0.15) is 0 Å². The minimum absolute atomic E-state index is 0. The number of halogens is 2.